The van der Waals surface area contributed by atoms with Gasteiger partial charge >= 0.3 is 5.97 Å². The number of rotatable bonds is 3. The van der Waals surface area contributed by atoms with Crippen molar-refractivity contribution in [1.82, 2.24) is 5.16 Å². The average Bonchev–Trinajstić information content (AvgIpc) is 2.82. The zero-order valence-electron chi connectivity index (χ0n) is 9.11. The molecule has 0 aliphatic heterocycles. The van der Waals surface area contributed by atoms with Crippen LogP contribution in [0.3, 0.4) is 0 Å². The lowest BCUT2D eigenvalue weighted by Crippen LogP contribution is -1.95. The molecule has 2 aromatic rings. The summed E-state index contributed by atoms with van der Waals surface area (Å²) in [5.41, 5.74) is 0.0357. The highest BCUT2D eigenvalue weighted by molar-refractivity contribution is 9.10. The second kappa shape index (κ2) is 4.77. The van der Waals surface area contributed by atoms with Gasteiger partial charge in [-0.1, -0.05) is 5.16 Å². The Labute approximate surface area is 109 Å². The molecule has 0 spiro atoms. The van der Waals surface area contributed by atoms with E-state index in [-0.39, 0.29) is 21.7 Å². The summed E-state index contributed by atoms with van der Waals surface area (Å²) < 4.78 is 23.8. The van der Waals surface area contributed by atoms with Crippen LogP contribution in [-0.2, 0) is 0 Å². The number of ether oxygens (including phenoxy) is 1. The Morgan fingerprint density at radius 1 is 1.56 bits per heavy atom. The van der Waals surface area contributed by atoms with E-state index in [0.29, 0.717) is 5.56 Å². The van der Waals surface area contributed by atoms with Crippen molar-refractivity contribution in [3.8, 4) is 17.1 Å². The third-order valence-electron chi connectivity index (χ3n) is 2.25. The number of aromatic nitrogens is 1. The number of carboxylic acids is 1. The highest BCUT2D eigenvalue weighted by Gasteiger charge is 2.19. The van der Waals surface area contributed by atoms with E-state index < -0.39 is 11.8 Å². The maximum atomic E-state index is 13.8. The zero-order chi connectivity index (χ0) is 13.3. The normalized spacial score (nSPS) is 10.4. The molecule has 1 N–H and O–H groups in total. The molecule has 1 aromatic carbocycles. The first-order valence-electron chi connectivity index (χ1n) is 4.77. The predicted octanol–water partition coefficient (Wildman–Crippen LogP) is 2.95. The molecule has 0 aliphatic rings. The SMILES string of the molecule is COc1c(-c2cc(C(=O)O)no2)ccc(Br)c1F. The molecule has 5 nitrogen and oxygen atoms in total. The van der Waals surface area contributed by atoms with Gasteiger partial charge in [0.15, 0.2) is 23.0 Å². The fourth-order valence-electron chi connectivity index (χ4n) is 1.43. The summed E-state index contributed by atoms with van der Waals surface area (Å²) in [6.07, 6.45) is 0. The van der Waals surface area contributed by atoms with E-state index >= 15 is 0 Å². The van der Waals surface area contributed by atoms with Crippen LogP contribution in [0.15, 0.2) is 27.2 Å². The first-order valence-corrected chi connectivity index (χ1v) is 5.56. The van der Waals surface area contributed by atoms with Gasteiger partial charge in [-0.15, -0.1) is 0 Å². The van der Waals surface area contributed by atoms with E-state index in [0.717, 1.165) is 0 Å². The van der Waals surface area contributed by atoms with Crippen LogP contribution >= 0.6 is 15.9 Å². The Morgan fingerprint density at radius 2 is 2.28 bits per heavy atom. The summed E-state index contributed by atoms with van der Waals surface area (Å²) in [4.78, 5) is 10.7. The van der Waals surface area contributed by atoms with Crippen LogP contribution in [-0.4, -0.2) is 23.3 Å². The Bertz CT molecular complexity index is 611. The summed E-state index contributed by atoms with van der Waals surface area (Å²) >= 11 is 3.03. The number of hydrogen-bond acceptors (Lipinski definition) is 4. The highest BCUT2D eigenvalue weighted by Crippen LogP contribution is 2.36. The molecule has 0 fully saturated rings. The molecular weight excluding hydrogens is 309 g/mol. The number of benzene rings is 1. The van der Waals surface area contributed by atoms with E-state index in [1.54, 1.807) is 0 Å². The number of aromatic carboxylic acids is 1. The molecular formula is C11H7BrFNO4. The van der Waals surface area contributed by atoms with Crippen molar-refractivity contribution in [3.63, 3.8) is 0 Å². The van der Waals surface area contributed by atoms with Crippen LogP contribution in [0.2, 0.25) is 0 Å². The third-order valence-corrected chi connectivity index (χ3v) is 2.86. The van der Waals surface area contributed by atoms with Gasteiger partial charge in [0.25, 0.3) is 0 Å². The van der Waals surface area contributed by atoms with Crippen molar-refractivity contribution in [2.75, 3.05) is 7.11 Å². The topological polar surface area (TPSA) is 72.6 Å². The van der Waals surface area contributed by atoms with E-state index in [9.17, 15) is 9.18 Å². The highest BCUT2D eigenvalue weighted by atomic mass is 79.9. The Balaban J connectivity index is 2.56. The minimum Gasteiger partial charge on any atom is -0.493 e. The van der Waals surface area contributed by atoms with E-state index in [1.165, 1.54) is 25.3 Å². The molecule has 0 saturated carbocycles. The number of nitrogens with zero attached hydrogens (tertiary/aromatic N) is 1. The van der Waals surface area contributed by atoms with Crippen LogP contribution in [0.5, 0.6) is 5.75 Å². The molecule has 0 atom stereocenters. The zero-order valence-corrected chi connectivity index (χ0v) is 10.7. The average molecular weight is 316 g/mol. The van der Waals surface area contributed by atoms with Gasteiger partial charge < -0.3 is 14.4 Å². The largest absolute Gasteiger partial charge is 0.493 e. The first kappa shape index (κ1) is 12.6. The standard InChI is InChI=1S/C11H7BrFNO4/c1-17-10-5(2-3-6(12)9(10)13)8-4-7(11(15)16)14-18-8/h2-4H,1H3,(H,15,16). The second-order valence-electron chi connectivity index (χ2n) is 3.32. The fraction of sp³-hybridized carbons (Fsp3) is 0.0909. The second-order valence-corrected chi connectivity index (χ2v) is 4.18. The summed E-state index contributed by atoms with van der Waals surface area (Å²) in [7, 11) is 1.31. The molecule has 0 saturated heterocycles. The van der Waals surface area contributed by atoms with Gasteiger partial charge in [0.05, 0.1) is 17.1 Å². The summed E-state index contributed by atoms with van der Waals surface area (Å²) in [5, 5.41) is 12.1. The monoisotopic (exact) mass is 315 g/mol. The minimum absolute atomic E-state index is 0.0440. The number of carbonyl (C=O) groups is 1. The summed E-state index contributed by atoms with van der Waals surface area (Å²) in [5.74, 6) is -1.74. The van der Waals surface area contributed by atoms with Gasteiger partial charge in [-0.25, -0.2) is 9.18 Å². The minimum atomic E-state index is -1.22. The van der Waals surface area contributed by atoms with Crippen LogP contribution in [0.4, 0.5) is 4.39 Å². The van der Waals surface area contributed by atoms with E-state index in [1.807, 2.05) is 0 Å². The molecule has 1 aromatic heterocycles. The molecule has 0 amide bonds. The molecule has 1 heterocycles. The van der Waals surface area contributed by atoms with Crippen molar-refractivity contribution in [2.45, 2.75) is 0 Å². The maximum absolute atomic E-state index is 13.8. The van der Waals surface area contributed by atoms with Gasteiger partial charge in [-0.05, 0) is 28.1 Å². The van der Waals surface area contributed by atoms with Gasteiger partial charge in [0, 0.05) is 6.07 Å². The lowest BCUT2D eigenvalue weighted by molar-refractivity contribution is 0.0686. The third kappa shape index (κ3) is 2.08. The Morgan fingerprint density at radius 3 is 2.83 bits per heavy atom. The van der Waals surface area contributed by atoms with Gasteiger partial charge in [0.2, 0.25) is 0 Å². The van der Waals surface area contributed by atoms with Crippen molar-refractivity contribution in [3.05, 3.63) is 34.2 Å². The number of halogens is 2. The summed E-state index contributed by atoms with van der Waals surface area (Å²) in [6.45, 7) is 0. The number of carboxylic acid groups (broad SMARTS) is 1. The number of hydrogen-bond donors (Lipinski definition) is 1. The van der Waals surface area contributed by atoms with Gasteiger partial charge in [0.1, 0.15) is 0 Å². The molecule has 0 unspecified atom stereocenters. The van der Waals surface area contributed by atoms with Crippen molar-refractivity contribution < 1.29 is 23.6 Å². The van der Waals surface area contributed by atoms with Crippen molar-refractivity contribution in [1.29, 1.82) is 0 Å². The molecule has 0 aliphatic carbocycles. The van der Waals surface area contributed by atoms with E-state index in [2.05, 4.69) is 21.1 Å². The lowest BCUT2D eigenvalue weighted by atomic mass is 10.1. The van der Waals surface area contributed by atoms with Crippen molar-refractivity contribution >= 4 is 21.9 Å². The smallest absolute Gasteiger partial charge is 0.358 e. The van der Waals surface area contributed by atoms with E-state index in [4.69, 9.17) is 14.4 Å². The Kier molecular flexibility index (Phi) is 3.33. The number of methoxy groups -OCH3 is 1. The Hall–Kier alpha value is -1.89. The van der Waals surface area contributed by atoms with Gasteiger partial charge in [-0.2, -0.15) is 0 Å². The lowest BCUT2D eigenvalue weighted by Gasteiger charge is -2.07. The molecule has 0 bridgehead atoms. The predicted molar refractivity (Wildman–Crippen MR) is 63.1 cm³/mol. The van der Waals surface area contributed by atoms with Gasteiger partial charge in [-0.3, -0.25) is 0 Å². The fourth-order valence-corrected chi connectivity index (χ4v) is 1.74. The van der Waals surface area contributed by atoms with Crippen molar-refractivity contribution in [2.24, 2.45) is 0 Å². The van der Waals surface area contributed by atoms with Crippen LogP contribution in [0.25, 0.3) is 11.3 Å². The summed E-state index contributed by atoms with van der Waals surface area (Å²) in [6, 6.07) is 4.21. The first-order chi connectivity index (χ1) is 8.54. The van der Waals surface area contributed by atoms with Crippen LogP contribution in [0.1, 0.15) is 10.5 Å². The molecule has 0 radical (unpaired) electrons. The van der Waals surface area contributed by atoms with Crippen LogP contribution in [0, 0.1) is 5.82 Å². The molecule has 18 heavy (non-hydrogen) atoms. The van der Waals surface area contributed by atoms with Crippen LogP contribution < -0.4 is 4.74 Å². The molecule has 7 heteroatoms. The quantitative estimate of drug-likeness (QED) is 0.942. The maximum Gasteiger partial charge on any atom is 0.358 e. The molecule has 94 valence electrons. The molecule has 2 rings (SSSR count).